The molecule has 0 bridgehead atoms. The molecule has 1 aliphatic carbocycles. The summed E-state index contributed by atoms with van der Waals surface area (Å²) in [5.41, 5.74) is 0.449. The molecule has 1 fully saturated rings. The highest BCUT2D eigenvalue weighted by atomic mass is 32.1. The first-order valence-electron chi connectivity index (χ1n) is 7.02. The smallest absolute Gasteiger partial charge is 0.202 e. The van der Waals surface area contributed by atoms with Gasteiger partial charge in [0.25, 0.3) is 0 Å². The van der Waals surface area contributed by atoms with Crippen LogP contribution in [0.3, 0.4) is 0 Å². The molecule has 0 unspecified atom stereocenters. The summed E-state index contributed by atoms with van der Waals surface area (Å²) in [5.74, 6) is 0.930. The van der Waals surface area contributed by atoms with Gasteiger partial charge in [0.1, 0.15) is 5.82 Å². The molecule has 0 radical (unpaired) electrons. The van der Waals surface area contributed by atoms with Crippen LogP contribution in [0.25, 0.3) is 0 Å². The molecule has 0 atom stereocenters. The first kappa shape index (κ1) is 14.7. The van der Waals surface area contributed by atoms with Gasteiger partial charge >= 0.3 is 0 Å². The summed E-state index contributed by atoms with van der Waals surface area (Å²) in [4.78, 5) is 4.59. The molecule has 1 heterocycles. The fourth-order valence-corrected chi connectivity index (χ4v) is 3.13. The number of anilines is 1. The molecule has 4 nitrogen and oxygen atoms in total. The molecule has 1 saturated carbocycles. The zero-order valence-corrected chi connectivity index (χ0v) is 13.3. The zero-order valence-electron chi connectivity index (χ0n) is 12.5. The van der Waals surface area contributed by atoms with E-state index in [2.05, 4.69) is 35.4 Å². The van der Waals surface area contributed by atoms with E-state index in [1.807, 2.05) is 0 Å². The standard InChI is InChI=1S/C14H25N3OS/c1-13(2,3)11-16-12(19-17-11)15-10-14(6-5-7-14)8-9-18-4/h5-10H2,1-4H3,(H,15,16,17). The maximum Gasteiger partial charge on any atom is 0.202 e. The van der Waals surface area contributed by atoms with E-state index in [9.17, 15) is 0 Å². The molecule has 1 N–H and O–H groups in total. The van der Waals surface area contributed by atoms with Crippen LogP contribution in [0, 0.1) is 5.41 Å². The minimum atomic E-state index is 0.0284. The monoisotopic (exact) mass is 283 g/mol. The molecule has 5 heteroatoms. The predicted octanol–water partition coefficient (Wildman–Crippen LogP) is 3.45. The van der Waals surface area contributed by atoms with Crippen molar-refractivity contribution < 1.29 is 4.74 Å². The van der Waals surface area contributed by atoms with E-state index < -0.39 is 0 Å². The summed E-state index contributed by atoms with van der Waals surface area (Å²) in [7, 11) is 1.78. The van der Waals surface area contributed by atoms with Crippen molar-refractivity contribution in [3.05, 3.63) is 5.82 Å². The minimum Gasteiger partial charge on any atom is -0.385 e. The van der Waals surface area contributed by atoms with Crippen LogP contribution in [0.4, 0.5) is 5.13 Å². The van der Waals surface area contributed by atoms with Gasteiger partial charge in [-0.15, -0.1) is 0 Å². The van der Waals surface area contributed by atoms with Crippen LogP contribution in [0.5, 0.6) is 0 Å². The fraction of sp³-hybridized carbons (Fsp3) is 0.857. The number of hydrogen-bond acceptors (Lipinski definition) is 5. The van der Waals surface area contributed by atoms with Crippen LogP contribution in [-0.2, 0) is 10.2 Å². The third-order valence-corrected chi connectivity index (χ3v) is 4.63. The Bertz CT molecular complexity index is 407. The number of nitrogens with one attached hydrogen (secondary N) is 1. The van der Waals surface area contributed by atoms with Gasteiger partial charge in [0.05, 0.1) is 0 Å². The maximum atomic E-state index is 5.22. The summed E-state index contributed by atoms with van der Waals surface area (Å²) >= 11 is 1.47. The second kappa shape index (κ2) is 5.75. The van der Waals surface area contributed by atoms with Gasteiger partial charge in [-0.2, -0.15) is 4.37 Å². The summed E-state index contributed by atoms with van der Waals surface area (Å²) in [6, 6.07) is 0. The average molecular weight is 283 g/mol. The first-order chi connectivity index (χ1) is 8.95. The Kier molecular flexibility index (Phi) is 4.46. The molecule has 1 aromatic heterocycles. The van der Waals surface area contributed by atoms with E-state index in [0.717, 1.165) is 30.5 Å². The number of nitrogens with zero attached hydrogens (tertiary/aromatic N) is 2. The highest BCUT2D eigenvalue weighted by Crippen LogP contribution is 2.44. The molecule has 108 valence electrons. The van der Waals surface area contributed by atoms with Crippen LogP contribution in [-0.4, -0.2) is 29.6 Å². The first-order valence-corrected chi connectivity index (χ1v) is 7.80. The topological polar surface area (TPSA) is 47.0 Å². The molecule has 2 rings (SSSR count). The summed E-state index contributed by atoms with van der Waals surface area (Å²) in [6.45, 7) is 8.28. The van der Waals surface area contributed by atoms with Crippen molar-refractivity contribution in [2.45, 2.75) is 51.9 Å². The van der Waals surface area contributed by atoms with Crippen LogP contribution in [0.15, 0.2) is 0 Å². The van der Waals surface area contributed by atoms with E-state index in [1.54, 1.807) is 7.11 Å². The lowest BCUT2D eigenvalue weighted by Gasteiger charge is -2.42. The minimum absolute atomic E-state index is 0.0284. The van der Waals surface area contributed by atoms with Gasteiger partial charge < -0.3 is 10.1 Å². The van der Waals surface area contributed by atoms with Crippen LogP contribution < -0.4 is 5.32 Å². The van der Waals surface area contributed by atoms with E-state index in [0.29, 0.717) is 5.41 Å². The van der Waals surface area contributed by atoms with Crippen molar-refractivity contribution >= 4 is 16.7 Å². The Hall–Kier alpha value is -0.680. The molecule has 1 aromatic rings. The largest absolute Gasteiger partial charge is 0.385 e. The normalized spacial score (nSPS) is 18.1. The van der Waals surface area contributed by atoms with E-state index in [1.165, 1.54) is 30.8 Å². The lowest BCUT2D eigenvalue weighted by Crippen LogP contribution is -2.37. The van der Waals surface area contributed by atoms with E-state index in [-0.39, 0.29) is 5.41 Å². The summed E-state index contributed by atoms with van der Waals surface area (Å²) in [6.07, 6.45) is 5.08. The van der Waals surface area contributed by atoms with Gasteiger partial charge in [0, 0.05) is 37.2 Å². The maximum absolute atomic E-state index is 5.22. The second-order valence-corrected chi connectivity index (χ2v) is 7.37. The molecular formula is C14H25N3OS. The molecule has 0 amide bonds. The fourth-order valence-electron chi connectivity index (χ4n) is 2.37. The molecule has 19 heavy (non-hydrogen) atoms. The van der Waals surface area contributed by atoms with Gasteiger partial charge in [-0.25, -0.2) is 4.98 Å². The lowest BCUT2D eigenvalue weighted by atomic mass is 9.67. The second-order valence-electron chi connectivity index (χ2n) is 6.62. The Morgan fingerprint density at radius 1 is 1.37 bits per heavy atom. The third-order valence-electron chi connectivity index (χ3n) is 3.96. The zero-order chi connectivity index (χ0) is 13.9. The number of aromatic nitrogens is 2. The van der Waals surface area contributed by atoms with Crippen molar-refractivity contribution in [2.75, 3.05) is 25.6 Å². The van der Waals surface area contributed by atoms with Crippen LogP contribution in [0.2, 0.25) is 0 Å². The molecule has 0 aliphatic heterocycles. The number of methoxy groups -OCH3 is 1. The number of rotatable bonds is 6. The number of ether oxygens (including phenoxy) is 1. The Balaban J connectivity index is 1.89. The Morgan fingerprint density at radius 2 is 2.11 bits per heavy atom. The van der Waals surface area contributed by atoms with Gasteiger partial charge in [0.15, 0.2) is 0 Å². The Morgan fingerprint density at radius 3 is 2.58 bits per heavy atom. The Labute approximate surface area is 120 Å². The van der Waals surface area contributed by atoms with Crippen LogP contribution in [0.1, 0.15) is 52.3 Å². The average Bonchev–Trinajstić information content (AvgIpc) is 2.76. The van der Waals surface area contributed by atoms with Gasteiger partial charge in [-0.05, 0) is 24.7 Å². The molecular weight excluding hydrogens is 258 g/mol. The third kappa shape index (κ3) is 3.66. The molecule has 1 aliphatic rings. The SMILES string of the molecule is COCCC1(CNc2nc(C(C)(C)C)ns2)CCC1. The van der Waals surface area contributed by atoms with Crippen molar-refractivity contribution in [1.29, 1.82) is 0 Å². The van der Waals surface area contributed by atoms with Gasteiger partial charge in [-0.1, -0.05) is 27.2 Å². The van der Waals surface area contributed by atoms with Gasteiger partial charge in [0.2, 0.25) is 5.13 Å². The summed E-state index contributed by atoms with van der Waals surface area (Å²) < 4.78 is 9.66. The lowest BCUT2D eigenvalue weighted by molar-refractivity contribution is 0.0813. The van der Waals surface area contributed by atoms with E-state index in [4.69, 9.17) is 4.74 Å². The van der Waals surface area contributed by atoms with Crippen LogP contribution >= 0.6 is 11.5 Å². The predicted molar refractivity (Wildman–Crippen MR) is 79.9 cm³/mol. The molecule has 0 saturated heterocycles. The van der Waals surface area contributed by atoms with Crippen molar-refractivity contribution in [1.82, 2.24) is 9.36 Å². The van der Waals surface area contributed by atoms with Crippen molar-refractivity contribution in [2.24, 2.45) is 5.41 Å². The highest BCUT2D eigenvalue weighted by Gasteiger charge is 2.36. The van der Waals surface area contributed by atoms with Crippen molar-refractivity contribution in [3.8, 4) is 0 Å². The van der Waals surface area contributed by atoms with E-state index >= 15 is 0 Å². The summed E-state index contributed by atoms with van der Waals surface area (Å²) in [5, 5.41) is 4.43. The van der Waals surface area contributed by atoms with Gasteiger partial charge in [-0.3, -0.25) is 0 Å². The highest BCUT2D eigenvalue weighted by molar-refractivity contribution is 7.09. The molecule has 0 aromatic carbocycles. The van der Waals surface area contributed by atoms with Crippen molar-refractivity contribution in [3.63, 3.8) is 0 Å². The number of hydrogen-bond donors (Lipinski definition) is 1. The quantitative estimate of drug-likeness (QED) is 0.868. The molecule has 0 spiro atoms.